The Morgan fingerprint density at radius 1 is 0.202 bits per heavy atom. The first-order valence-corrected chi connectivity index (χ1v) is 44.7. The summed E-state index contributed by atoms with van der Waals surface area (Å²) in [4.78, 5) is 0. The smallest absolute Gasteiger partial charge is 0.244 e. The van der Waals surface area contributed by atoms with Gasteiger partial charge in [0.05, 0.1) is 16.6 Å². The number of hydrogen-bond donors (Lipinski definition) is 0. The topological polar surface area (TPSA) is 24.6 Å². The maximum atomic E-state index is 2.50. The number of fused-ring (bicyclic) bond motifs is 21. The zero-order valence-corrected chi connectivity index (χ0v) is 76.6. The van der Waals surface area contributed by atoms with Gasteiger partial charge in [-0.3, -0.25) is 0 Å². The van der Waals surface area contributed by atoms with E-state index < -0.39 is 0 Å². The summed E-state index contributed by atoms with van der Waals surface area (Å²) in [5.41, 5.74) is 34.3. The van der Waals surface area contributed by atoms with Crippen molar-refractivity contribution in [2.75, 3.05) is 0 Å². The van der Waals surface area contributed by atoms with Gasteiger partial charge in [0.15, 0.2) is 0 Å². The monoisotopic (exact) mass is 1620 g/mol. The summed E-state index contributed by atoms with van der Waals surface area (Å²) in [5.74, 6) is 0. The fourth-order valence-corrected chi connectivity index (χ4v) is 20.3. The molecule has 22 rings (SSSR count). The minimum Gasteiger partial charge on any atom is -0.335 e. The van der Waals surface area contributed by atoms with E-state index in [0.29, 0.717) is 6.71 Å². The van der Waals surface area contributed by atoms with E-state index in [1.807, 2.05) is 0 Å². The lowest BCUT2D eigenvalue weighted by Gasteiger charge is -2.25. The van der Waals surface area contributed by atoms with Gasteiger partial charge in [-0.2, -0.15) is 0 Å². The summed E-state index contributed by atoms with van der Waals surface area (Å²) < 4.78 is 12.3. The van der Waals surface area contributed by atoms with Gasteiger partial charge in [-0.05, 0) is 246 Å². The molecule has 618 valence electrons. The summed E-state index contributed by atoms with van der Waals surface area (Å²) in [6, 6.07) is 122. The van der Waals surface area contributed by atoms with Crippen molar-refractivity contribution < 1.29 is 0 Å². The van der Waals surface area contributed by atoms with Crippen molar-refractivity contribution >= 4 is 132 Å². The van der Waals surface area contributed by atoms with E-state index >= 15 is 0 Å². The van der Waals surface area contributed by atoms with Crippen LogP contribution in [-0.2, 0) is 38.4 Å². The highest BCUT2D eigenvalue weighted by Gasteiger charge is 2.42. The van der Waals surface area contributed by atoms with Crippen molar-refractivity contribution in [3.8, 4) is 50.2 Å². The molecule has 0 saturated carbocycles. The molecular weight excluding hydrogens is 1500 g/mol. The van der Waals surface area contributed by atoms with Crippen LogP contribution in [0.25, 0.3) is 159 Å². The van der Waals surface area contributed by atoms with Gasteiger partial charge in [-0.25, -0.2) is 0 Å². The molecule has 0 saturated heterocycles. The van der Waals surface area contributed by atoms with Gasteiger partial charge in [-0.1, -0.05) is 321 Å². The third kappa shape index (κ3) is 14.5. The second kappa shape index (κ2) is 30.7. The van der Waals surface area contributed by atoms with E-state index in [1.54, 1.807) is 0 Å². The first-order chi connectivity index (χ1) is 59.0. The Labute approximate surface area is 734 Å². The van der Waals surface area contributed by atoms with Crippen LogP contribution in [0.3, 0.4) is 0 Å². The highest BCUT2D eigenvalue weighted by atomic mass is 15.1. The lowest BCUT2D eigenvalue weighted by molar-refractivity contribution is 0.423. The molecule has 5 aromatic heterocycles. The quantitative estimate of drug-likeness (QED) is 0.158. The Morgan fingerprint density at radius 3 is 0.935 bits per heavy atom. The minimum absolute atomic E-state index is 0.00964. The molecule has 6 heteroatoms. The standard InChI is InChI=1S/C28H23B.C28H24N2.C24H33N.C22H21N.C16H17N/c1-28(2,3)24-13-7-4-10-19(24)18-16-22-20-11-5-8-14-25(20)29-26-15-9-6-12-21(26)23(17-18)27(22)29;1-28(2,3)30-26-15-9-6-12-22(26)23-18-19(16-17-27(23)30)29-24-13-7-4-10-20(24)21-11-5-8-14-25(21)29;1-22(2,3)16-10-12-20-18(14-16)19-15-17(23(4,5)6)11-13-21(19)25(20)24(7,8)9;1-22(2,3)23-20-15-8-7-12-18(20)19-14-9-13-17(21(19)23)16-10-5-4-6-11-16;1-16(2,3)17-14-10-6-4-8-12(14)13-9-5-7-11-15(13)17/h4-17H,1-3H3;4-18H,1-3H3;10-15H,1-9H3;4-15H,1-3H3;4-11H,1-3H3. The van der Waals surface area contributed by atoms with Crippen molar-refractivity contribution in [1.29, 1.82) is 0 Å². The molecule has 0 fully saturated rings. The Hall–Kier alpha value is -12.6. The largest absolute Gasteiger partial charge is 0.335 e. The number of para-hydroxylation sites is 7. The molecule has 2 aliphatic heterocycles. The fourth-order valence-electron chi connectivity index (χ4n) is 20.3. The van der Waals surface area contributed by atoms with E-state index in [1.165, 1.54) is 192 Å². The third-order valence-corrected chi connectivity index (χ3v) is 25.7. The molecule has 0 radical (unpaired) electrons. The average Bonchev–Trinajstić information content (AvgIpc) is 1.52. The maximum Gasteiger partial charge on any atom is 0.244 e. The lowest BCUT2D eigenvalue weighted by atomic mass is 9.41. The Balaban J connectivity index is 0.000000107. The number of nitrogens with zero attached hydrogens (tertiary/aromatic N) is 5. The van der Waals surface area contributed by atoms with Crippen molar-refractivity contribution in [3.63, 3.8) is 0 Å². The van der Waals surface area contributed by atoms with Crippen LogP contribution in [0.5, 0.6) is 0 Å². The average molecular weight is 1620 g/mol. The van der Waals surface area contributed by atoms with Gasteiger partial charge in [0, 0.05) is 126 Å². The van der Waals surface area contributed by atoms with Crippen LogP contribution in [-0.4, -0.2) is 29.5 Å². The zero-order valence-electron chi connectivity index (χ0n) is 76.6. The Bertz CT molecular complexity index is 7270. The summed E-state index contributed by atoms with van der Waals surface area (Å²) in [5, 5.41) is 13.3. The highest BCUT2D eigenvalue weighted by molar-refractivity contribution is 7.02. The van der Waals surface area contributed by atoms with Crippen LogP contribution < -0.4 is 16.4 Å². The van der Waals surface area contributed by atoms with Crippen molar-refractivity contribution in [3.05, 3.63) is 350 Å². The van der Waals surface area contributed by atoms with Crippen LogP contribution in [0.2, 0.25) is 0 Å². The van der Waals surface area contributed by atoms with E-state index in [9.17, 15) is 0 Å². The maximum absolute atomic E-state index is 2.50. The first-order valence-electron chi connectivity index (χ1n) is 44.7. The molecule has 20 aromatic rings. The zero-order chi connectivity index (χ0) is 87.1. The van der Waals surface area contributed by atoms with E-state index in [2.05, 4.69) is 502 Å². The van der Waals surface area contributed by atoms with Crippen molar-refractivity contribution in [1.82, 2.24) is 22.8 Å². The Kier molecular flexibility index (Phi) is 20.4. The number of hydrogen-bond acceptors (Lipinski definition) is 0. The summed E-state index contributed by atoms with van der Waals surface area (Å²) in [7, 11) is 0. The molecule has 0 N–H and O–H groups in total. The van der Waals surface area contributed by atoms with Crippen LogP contribution in [0, 0.1) is 0 Å². The fraction of sp³-hybridized carbons (Fsp3) is 0.237. The molecule has 0 unspecified atom stereocenters. The second-order valence-corrected chi connectivity index (χ2v) is 41.6. The van der Waals surface area contributed by atoms with Gasteiger partial charge in [0.1, 0.15) is 0 Å². The molecular formula is C118H118BN5. The van der Waals surface area contributed by atoms with Crippen LogP contribution in [0.15, 0.2) is 334 Å². The predicted molar refractivity (Wildman–Crippen MR) is 541 cm³/mol. The number of rotatable bonds is 3. The Morgan fingerprint density at radius 2 is 0.516 bits per heavy atom. The highest BCUT2D eigenvalue weighted by Crippen LogP contribution is 2.46. The normalized spacial score (nSPS) is 12.9. The molecule has 7 heterocycles. The predicted octanol–water partition coefficient (Wildman–Crippen LogP) is 30.7. The van der Waals surface area contributed by atoms with E-state index in [0.717, 1.165) is 0 Å². The van der Waals surface area contributed by atoms with Gasteiger partial charge in [0.25, 0.3) is 0 Å². The SMILES string of the molecule is CC(C)(C)c1ccc2c(c1)c1cc(C(C)(C)C)ccc1n2C(C)(C)C.CC(C)(C)c1ccccc1-c1cc2c3c(c1)-c1ccccc1B3c1ccccc1-2.CC(C)(C)n1c2ccccc2c2cc(-n3c4ccccc4c4ccccc43)ccc21.CC(C)(C)n1c2ccccc2c2cccc(-c3ccccc3)c21.CC(C)(C)n1c2ccccc2c2ccccc21. The van der Waals surface area contributed by atoms with Crippen LogP contribution >= 0.6 is 0 Å². The van der Waals surface area contributed by atoms with Crippen LogP contribution in [0.4, 0.5) is 0 Å². The number of benzene rings is 15. The molecule has 2 aliphatic rings. The molecule has 0 bridgehead atoms. The van der Waals surface area contributed by atoms with E-state index in [4.69, 9.17) is 0 Å². The molecule has 124 heavy (non-hydrogen) atoms. The van der Waals surface area contributed by atoms with Gasteiger partial charge >= 0.3 is 0 Å². The summed E-state index contributed by atoms with van der Waals surface area (Å²) >= 11 is 0. The van der Waals surface area contributed by atoms with Crippen molar-refractivity contribution in [2.45, 2.75) is 184 Å². The summed E-state index contributed by atoms with van der Waals surface area (Å²) in [6.45, 7) is 48.4. The second-order valence-electron chi connectivity index (χ2n) is 41.6. The van der Waals surface area contributed by atoms with E-state index in [-0.39, 0.29) is 38.4 Å². The molecule has 0 spiro atoms. The minimum atomic E-state index is 0.00964. The van der Waals surface area contributed by atoms with Crippen LogP contribution in [0.1, 0.15) is 162 Å². The van der Waals surface area contributed by atoms with Gasteiger partial charge in [0.2, 0.25) is 6.71 Å². The molecule has 15 aromatic carbocycles. The lowest BCUT2D eigenvalue weighted by Crippen LogP contribution is -2.45. The third-order valence-electron chi connectivity index (χ3n) is 25.7. The molecule has 0 amide bonds. The molecule has 0 atom stereocenters. The van der Waals surface area contributed by atoms with Gasteiger partial charge in [-0.15, -0.1) is 0 Å². The first kappa shape index (κ1) is 82.3. The molecule has 5 nitrogen and oxygen atoms in total. The summed E-state index contributed by atoms with van der Waals surface area (Å²) in [6.07, 6.45) is 0. The number of aromatic nitrogens is 5. The van der Waals surface area contributed by atoms with Gasteiger partial charge < -0.3 is 22.8 Å². The molecule has 0 aliphatic carbocycles. The van der Waals surface area contributed by atoms with Crippen molar-refractivity contribution in [2.24, 2.45) is 0 Å².